The number of hydrogen-bond acceptors (Lipinski definition) is 3. The van der Waals surface area contributed by atoms with Crippen LogP contribution >= 0.6 is 0 Å². The molecule has 3 nitrogen and oxygen atoms in total. The van der Waals surface area contributed by atoms with Gasteiger partial charge in [-0.3, -0.25) is 4.90 Å². The van der Waals surface area contributed by atoms with Crippen LogP contribution in [0.1, 0.15) is 58.8 Å². The van der Waals surface area contributed by atoms with Crippen molar-refractivity contribution < 1.29 is 0 Å². The summed E-state index contributed by atoms with van der Waals surface area (Å²) in [6, 6.07) is 0. The van der Waals surface area contributed by atoms with Gasteiger partial charge in [-0.2, -0.15) is 0 Å². The van der Waals surface area contributed by atoms with Crippen molar-refractivity contribution in [1.29, 1.82) is 0 Å². The minimum absolute atomic E-state index is 0.548. The van der Waals surface area contributed by atoms with Gasteiger partial charge >= 0.3 is 0 Å². The van der Waals surface area contributed by atoms with E-state index in [-0.39, 0.29) is 0 Å². The van der Waals surface area contributed by atoms with Crippen LogP contribution in [0.15, 0.2) is 0 Å². The lowest BCUT2D eigenvalue weighted by Crippen LogP contribution is -2.52. The van der Waals surface area contributed by atoms with Crippen LogP contribution < -0.4 is 10.6 Å². The van der Waals surface area contributed by atoms with E-state index < -0.39 is 0 Å². The van der Waals surface area contributed by atoms with Crippen LogP contribution in [0, 0.1) is 0 Å². The highest BCUT2D eigenvalue weighted by Gasteiger charge is 2.14. The topological polar surface area (TPSA) is 27.3 Å². The van der Waals surface area contributed by atoms with E-state index in [2.05, 4.69) is 29.4 Å². The molecule has 1 heterocycles. The molecular formula is C15H33N3. The smallest absolute Gasteiger partial charge is 0.0568 e. The number of nitrogens with zero attached hydrogens (tertiary/aromatic N) is 1. The summed E-state index contributed by atoms with van der Waals surface area (Å²) >= 11 is 0. The summed E-state index contributed by atoms with van der Waals surface area (Å²) in [6.45, 7) is 10.4. The van der Waals surface area contributed by atoms with E-state index in [0.717, 1.165) is 13.1 Å². The second-order valence-corrected chi connectivity index (χ2v) is 5.54. The molecule has 0 saturated carbocycles. The zero-order valence-electron chi connectivity index (χ0n) is 12.5. The second-order valence-electron chi connectivity index (χ2n) is 5.54. The van der Waals surface area contributed by atoms with Gasteiger partial charge in [-0.25, -0.2) is 0 Å². The van der Waals surface area contributed by atoms with Crippen LogP contribution in [0.3, 0.4) is 0 Å². The summed E-state index contributed by atoms with van der Waals surface area (Å²) < 4.78 is 0. The van der Waals surface area contributed by atoms with Crippen LogP contribution in [0.25, 0.3) is 0 Å². The fourth-order valence-corrected chi connectivity index (χ4v) is 2.59. The predicted octanol–water partition coefficient (Wildman–Crippen LogP) is 2.58. The minimum atomic E-state index is 0.548. The monoisotopic (exact) mass is 255 g/mol. The van der Waals surface area contributed by atoms with Crippen molar-refractivity contribution in [2.75, 3.05) is 32.7 Å². The summed E-state index contributed by atoms with van der Waals surface area (Å²) in [5.74, 6) is 0. The molecule has 0 spiro atoms. The van der Waals surface area contributed by atoms with Gasteiger partial charge in [0.05, 0.1) is 6.17 Å². The molecule has 1 aliphatic rings. The second kappa shape index (κ2) is 10.8. The number of hydrogen-bond donors (Lipinski definition) is 2. The van der Waals surface area contributed by atoms with Crippen LogP contribution in [-0.2, 0) is 0 Å². The maximum atomic E-state index is 3.65. The van der Waals surface area contributed by atoms with Gasteiger partial charge in [-0.15, -0.1) is 0 Å². The molecule has 18 heavy (non-hydrogen) atoms. The molecule has 0 aromatic carbocycles. The van der Waals surface area contributed by atoms with E-state index in [0.29, 0.717) is 6.17 Å². The zero-order chi connectivity index (χ0) is 13.1. The fourth-order valence-electron chi connectivity index (χ4n) is 2.59. The molecule has 0 amide bonds. The summed E-state index contributed by atoms with van der Waals surface area (Å²) in [4.78, 5) is 2.54. The summed E-state index contributed by atoms with van der Waals surface area (Å²) in [5, 5.41) is 7.05. The van der Waals surface area contributed by atoms with Crippen LogP contribution in [0.4, 0.5) is 0 Å². The van der Waals surface area contributed by atoms with Gasteiger partial charge in [0.15, 0.2) is 0 Å². The van der Waals surface area contributed by atoms with Crippen molar-refractivity contribution in [2.24, 2.45) is 0 Å². The van der Waals surface area contributed by atoms with Crippen molar-refractivity contribution in [3.05, 3.63) is 0 Å². The van der Waals surface area contributed by atoms with Crippen LogP contribution in [-0.4, -0.2) is 43.8 Å². The molecule has 1 fully saturated rings. The molecule has 2 N–H and O–H groups in total. The Morgan fingerprint density at radius 2 is 1.61 bits per heavy atom. The highest BCUT2D eigenvalue weighted by molar-refractivity contribution is 4.72. The highest BCUT2D eigenvalue weighted by Crippen LogP contribution is 2.06. The summed E-state index contributed by atoms with van der Waals surface area (Å²) in [5.41, 5.74) is 0. The van der Waals surface area contributed by atoms with Gasteiger partial charge < -0.3 is 10.6 Å². The largest absolute Gasteiger partial charge is 0.314 e. The maximum absolute atomic E-state index is 3.65. The normalized spacial score (nSPS) is 19.0. The molecule has 0 aromatic rings. The first-order chi connectivity index (χ1) is 8.84. The van der Waals surface area contributed by atoms with Gasteiger partial charge in [0, 0.05) is 26.2 Å². The van der Waals surface area contributed by atoms with Crippen molar-refractivity contribution in [3.63, 3.8) is 0 Å². The van der Waals surface area contributed by atoms with E-state index in [4.69, 9.17) is 0 Å². The Morgan fingerprint density at radius 1 is 1.00 bits per heavy atom. The van der Waals surface area contributed by atoms with Crippen molar-refractivity contribution in [1.82, 2.24) is 15.5 Å². The SMILES string of the molecule is CCCCCCCCCNC(C)N1CCNCC1. The molecular weight excluding hydrogens is 222 g/mol. The average molecular weight is 255 g/mol. The van der Waals surface area contributed by atoms with E-state index in [1.54, 1.807) is 0 Å². The van der Waals surface area contributed by atoms with E-state index in [1.807, 2.05) is 0 Å². The number of unbranched alkanes of at least 4 members (excludes halogenated alkanes) is 6. The molecule has 0 aromatic heterocycles. The fraction of sp³-hybridized carbons (Fsp3) is 1.00. The third-order valence-corrected chi connectivity index (χ3v) is 3.92. The molecule has 108 valence electrons. The third kappa shape index (κ3) is 7.34. The van der Waals surface area contributed by atoms with Gasteiger partial charge in [0.25, 0.3) is 0 Å². The first kappa shape index (κ1) is 15.9. The molecule has 1 unspecified atom stereocenters. The number of rotatable bonds is 10. The molecule has 0 radical (unpaired) electrons. The number of piperazine rings is 1. The Kier molecular flexibility index (Phi) is 9.54. The Bertz CT molecular complexity index is 179. The van der Waals surface area contributed by atoms with Crippen molar-refractivity contribution in [3.8, 4) is 0 Å². The molecule has 0 aliphatic carbocycles. The van der Waals surface area contributed by atoms with Crippen LogP contribution in [0.2, 0.25) is 0 Å². The lowest BCUT2D eigenvalue weighted by Gasteiger charge is -2.33. The molecule has 1 aliphatic heterocycles. The van der Waals surface area contributed by atoms with Gasteiger partial charge in [0.2, 0.25) is 0 Å². The summed E-state index contributed by atoms with van der Waals surface area (Å²) in [7, 11) is 0. The van der Waals surface area contributed by atoms with E-state index in [9.17, 15) is 0 Å². The standard InChI is InChI=1S/C15H33N3/c1-3-4-5-6-7-8-9-10-17-15(2)18-13-11-16-12-14-18/h15-17H,3-14H2,1-2H3. The first-order valence-electron chi connectivity index (χ1n) is 8.02. The zero-order valence-corrected chi connectivity index (χ0v) is 12.5. The Labute approximate surface area is 114 Å². The highest BCUT2D eigenvalue weighted by atomic mass is 15.3. The molecule has 3 heteroatoms. The van der Waals surface area contributed by atoms with Gasteiger partial charge in [0.1, 0.15) is 0 Å². The summed E-state index contributed by atoms with van der Waals surface area (Å²) in [6.07, 6.45) is 10.3. The maximum Gasteiger partial charge on any atom is 0.0568 e. The quantitative estimate of drug-likeness (QED) is 0.588. The average Bonchev–Trinajstić information content (AvgIpc) is 2.42. The first-order valence-corrected chi connectivity index (χ1v) is 8.02. The van der Waals surface area contributed by atoms with Crippen molar-refractivity contribution in [2.45, 2.75) is 65.0 Å². The Balaban J connectivity index is 1.87. The Hall–Kier alpha value is -0.120. The molecule has 1 rings (SSSR count). The lowest BCUT2D eigenvalue weighted by atomic mass is 10.1. The van der Waals surface area contributed by atoms with Gasteiger partial charge in [-0.1, -0.05) is 45.4 Å². The van der Waals surface area contributed by atoms with Gasteiger partial charge in [-0.05, 0) is 19.9 Å². The lowest BCUT2D eigenvalue weighted by molar-refractivity contribution is 0.157. The predicted molar refractivity (Wildman–Crippen MR) is 79.9 cm³/mol. The molecule has 1 saturated heterocycles. The minimum Gasteiger partial charge on any atom is -0.314 e. The Morgan fingerprint density at radius 3 is 2.28 bits per heavy atom. The van der Waals surface area contributed by atoms with Crippen LogP contribution in [0.5, 0.6) is 0 Å². The molecule has 1 atom stereocenters. The van der Waals surface area contributed by atoms with E-state index in [1.165, 1.54) is 64.6 Å². The third-order valence-electron chi connectivity index (χ3n) is 3.92. The number of nitrogens with one attached hydrogen (secondary N) is 2. The molecule has 0 bridgehead atoms. The van der Waals surface area contributed by atoms with E-state index >= 15 is 0 Å². The van der Waals surface area contributed by atoms with Crippen molar-refractivity contribution >= 4 is 0 Å².